The molecule has 4 heteroatoms. The summed E-state index contributed by atoms with van der Waals surface area (Å²) in [6.07, 6.45) is 3.24. The molecule has 0 aliphatic heterocycles. The lowest BCUT2D eigenvalue weighted by molar-refractivity contribution is 0.475. The summed E-state index contributed by atoms with van der Waals surface area (Å²) in [7, 11) is 0. The Bertz CT molecular complexity index is 347. The second kappa shape index (κ2) is 7.02. The SMILES string of the molecule is CCCNC(CC)Cc1c(Cl)c(C)nn1CC. The van der Waals surface area contributed by atoms with Crippen molar-refractivity contribution in [3.8, 4) is 0 Å². The van der Waals surface area contributed by atoms with E-state index in [0.29, 0.717) is 6.04 Å². The van der Waals surface area contributed by atoms with Gasteiger partial charge in [-0.1, -0.05) is 25.4 Å². The van der Waals surface area contributed by atoms with E-state index in [-0.39, 0.29) is 0 Å². The van der Waals surface area contributed by atoms with Gasteiger partial charge >= 0.3 is 0 Å². The maximum Gasteiger partial charge on any atom is 0.0847 e. The first-order chi connectivity index (χ1) is 8.13. The molecule has 0 amide bonds. The highest BCUT2D eigenvalue weighted by Crippen LogP contribution is 2.22. The Labute approximate surface area is 110 Å². The van der Waals surface area contributed by atoms with Gasteiger partial charge in [-0.15, -0.1) is 0 Å². The molecule has 98 valence electrons. The fraction of sp³-hybridized carbons (Fsp3) is 0.769. The number of halogens is 1. The second-order valence-corrected chi connectivity index (χ2v) is 4.80. The summed E-state index contributed by atoms with van der Waals surface area (Å²) in [4.78, 5) is 0. The first kappa shape index (κ1) is 14.5. The fourth-order valence-corrected chi connectivity index (χ4v) is 2.22. The highest BCUT2D eigenvalue weighted by molar-refractivity contribution is 6.31. The van der Waals surface area contributed by atoms with Gasteiger partial charge in [-0.05, 0) is 33.2 Å². The van der Waals surface area contributed by atoms with Crippen molar-refractivity contribution in [2.75, 3.05) is 6.54 Å². The summed E-state index contributed by atoms with van der Waals surface area (Å²) in [5.74, 6) is 0. The predicted octanol–water partition coefficient (Wildman–Crippen LogP) is 3.19. The van der Waals surface area contributed by atoms with Crippen LogP contribution in [-0.4, -0.2) is 22.4 Å². The molecular formula is C13H24ClN3. The van der Waals surface area contributed by atoms with Gasteiger partial charge in [0.25, 0.3) is 0 Å². The summed E-state index contributed by atoms with van der Waals surface area (Å²) in [5.41, 5.74) is 2.11. The van der Waals surface area contributed by atoms with Crippen LogP contribution < -0.4 is 5.32 Å². The highest BCUT2D eigenvalue weighted by Gasteiger charge is 2.16. The number of nitrogens with one attached hydrogen (secondary N) is 1. The number of aromatic nitrogens is 2. The van der Waals surface area contributed by atoms with Crippen LogP contribution in [0.15, 0.2) is 0 Å². The topological polar surface area (TPSA) is 29.9 Å². The van der Waals surface area contributed by atoms with Crippen LogP contribution >= 0.6 is 11.6 Å². The van der Waals surface area contributed by atoms with Gasteiger partial charge in [-0.3, -0.25) is 4.68 Å². The molecule has 1 heterocycles. The quantitative estimate of drug-likeness (QED) is 0.813. The summed E-state index contributed by atoms with van der Waals surface area (Å²) in [6, 6.07) is 0.494. The van der Waals surface area contributed by atoms with Gasteiger partial charge < -0.3 is 5.32 Å². The number of rotatable bonds is 7. The number of aryl methyl sites for hydroxylation is 2. The van der Waals surface area contributed by atoms with E-state index >= 15 is 0 Å². The Hall–Kier alpha value is -0.540. The predicted molar refractivity (Wildman–Crippen MR) is 73.7 cm³/mol. The zero-order chi connectivity index (χ0) is 12.8. The monoisotopic (exact) mass is 257 g/mol. The standard InChI is InChI=1S/C13H24ClN3/c1-5-8-15-11(6-2)9-12-13(14)10(4)16-17(12)7-3/h11,15H,5-9H2,1-4H3. The lowest BCUT2D eigenvalue weighted by Gasteiger charge is -2.17. The molecular weight excluding hydrogens is 234 g/mol. The third-order valence-corrected chi connectivity index (χ3v) is 3.56. The van der Waals surface area contributed by atoms with E-state index < -0.39 is 0 Å². The van der Waals surface area contributed by atoms with Crippen LogP contribution in [0.3, 0.4) is 0 Å². The van der Waals surface area contributed by atoms with Gasteiger partial charge in [0.05, 0.1) is 16.4 Å². The van der Waals surface area contributed by atoms with Crippen LogP contribution in [0, 0.1) is 6.92 Å². The minimum atomic E-state index is 0.494. The molecule has 0 saturated heterocycles. The highest BCUT2D eigenvalue weighted by atomic mass is 35.5. The molecule has 17 heavy (non-hydrogen) atoms. The molecule has 1 aromatic rings. The van der Waals surface area contributed by atoms with Crippen molar-refractivity contribution >= 4 is 11.6 Å². The summed E-state index contributed by atoms with van der Waals surface area (Å²) < 4.78 is 2.02. The maximum absolute atomic E-state index is 6.32. The van der Waals surface area contributed by atoms with Crippen molar-refractivity contribution in [2.24, 2.45) is 0 Å². The smallest absolute Gasteiger partial charge is 0.0847 e. The Morgan fingerprint density at radius 3 is 2.59 bits per heavy atom. The summed E-state index contributed by atoms with van der Waals surface area (Å²) in [5, 5.41) is 8.85. The molecule has 0 aromatic carbocycles. The fourth-order valence-electron chi connectivity index (χ4n) is 2.01. The first-order valence-corrected chi connectivity index (χ1v) is 6.96. The Kier molecular flexibility index (Phi) is 6.00. The zero-order valence-electron chi connectivity index (χ0n) is 11.4. The lowest BCUT2D eigenvalue weighted by Crippen LogP contribution is -2.32. The van der Waals surface area contributed by atoms with E-state index in [9.17, 15) is 0 Å². The second-order valence-electron chi connectivity index (χ2n) is 4.43. The Morgan fingerprint density at radius 1 is 1.35 bits per heavy atom. The molecule has 0 aliphatic carbocycles. The van der Waals surface area contributed by atoms with E-state index in [1.165, 1.54) is 5.69 Å². The molecule has 1 rings (SSSR count). The van der Waals surface area contributed by atoms with Crippen LogP contribution in [0.5, 0.6) is 0 Å². The third-order valence-electron chi connectivity index (χ3n) is 3.07. The maximum atomic E-state index is 6.32. The first-order valence-electron chi connectivity index (χ1n) is 6.59. The van der Waals surface area contributed by atoms with Gasteiger partial charge in [0.15, 0.2) is 0 Å². The van der Waals surface area contributed by atoms with Gasteiger partial charge in [0, 0.05) is 19.0 Å². The van der Waals surface area contributed by atoms with Crippen LogP contribution in [0.4, 0.5) is 0 Å². The largest absolute Gasteiger partial charge is 0.314 e. The third kappa shape index (κ3) is 3.71. The van der Waals surface area contributed by atoms with Gasteiger partial charge in [0.2, 0.25) is 0 Å². The van der Waals surface area contributed by atoms with Crippen LogP contribution in [-0.2, 0) is 13.0 Å². The minimum Gasteiger partial charge on any atom is -0.314 e. The van der Waals surface area contributed by atoms with Gasteiger partial charge in [0.1, 0.15) is 0 Å². The molecule has 1 N–H and O–H groups in total. The number of hydrogen-bond donors (Lipinski definition) is 1. The molecule has 1 aromatic heterocycles. The van der Waals surface area contributed by atoms with E-state index in [0.717, 1.165) is 43.1 Å². The van der Waals surface area contributed by atoms with Crippen molar-refractivity contribution < 1.29 is 0 Å². The molecule has 0 spiro atoms. The van der Waals surface area contributed by atoms with Crippen molar-refractivity contribution in [2.45, 2.75) is 59.5 Å². The minimum absolute atomic E-state index is 0.494. The normalized spacial score (nSPS) is 13.0. The Morgan fingerprint density at radius 2 is 2.06 bits per heavy atom. The van der Waals surface area contributed by atoms with E-state index in [1.807, 2.05) is 11.6 Å². The molecule has 1 atom stereocenters. The molecule has 1 unspecified atom stereocenters. The van der Waals surface area contributed by atoms with E-state index in [1.54, 1.807) is 0 Å². The average molecular weight is 258 g/mol. The molecule has 0 saturated carbocycles. The van der Waals surface area contributed by atoms with Crippen LogP contribution in [0.1, 0.15) is 45.0 Å². The van der Waals surface area contributed by atoms with E-state index in [2.05, 4.69) is 31.2 Å². The van der Waals surface area contributed by atoms with Crippen molar-refractivity contribution in [1.82, 2.24) is 15.1 Å². The van der Waals surface area contributed by atoms with Gasteiger partial charge in [-0.25, -0.2) is 0 Å². The number of nitrogens with zero attached hydrogens (tertiary/aromatic N) is 2. The van der Waals surface area contributed by atoms with Crippen LogP contribution in [0.2, 0.25) is 5.02 Å². The van der Waals surface area contributed by atoms with Crippen molar-refractivity contribution in [3.63, 3.8) is 0 Å². The molecule has 0 fully saturated rings. The molecule has 0 radical (unpaired) electrons. The van der Waals surface area contributed by atoms with Crippen molar-refractivity contribution in [1.29, 1.82) is 0 Å². The summed E-state index contributed by atoms with van der Waals surface area (Å²) in [6.45, 7) is 10.4. The van der Waals surface area contributed by atoms with E-state index in [4.69, 9.17) is 11.6 Å². The molecule has 0 aliphatic rings. The summed E-state index contributed by atoms with van der Waals surface area (Å²) >= 11 is 6.32. The number of hydrogen-bond acceptors (Lipinski definition) is 2. The molecule has 3 nitrogen and oxygen atoms in total. The zero-order valence-corrected chi connectivity index (χ0v) is 12.1. The van der Waals surface area contributed by atoms with Crippen molar-refractivity contribution in [3.05, 3.63) is 16.4 Å². The lowest BCUT2D eigenvalue weighted by atomic mass is 10.1. The van der Waals surface area contributed by atoms with Gasteiger partial charge in [-0.2, -0.15) is 5.10 Å². The Balaban J connectivity index is 2.77. The van der Waals surface area contributed by atoms with Crippen LogP contribution in [0.25, 0.3) is 0 Å². The average Bonchev–Trinajstić information content (AvgIpc) is 2.61. The molecule has 0 bridgehead atoms.